The van der Waals surface area contributed by atoms with Crippen LogP contribution in [0.4, 0.5) is 20.3 Å². The van der Waals surface area contributed by atoms with Crippen molar-refractivity contribution >= 4 is 17.4 Å². The van der Waals surface area contributed by atoms with E-state index in [4.69, 9.17) is 9.84 Å². The summed E-state index contributed by atoms with van der Waals surface area (Å²) in [6.45, 7) is 7.04. The summed E-state index contributed by atoms with van der Waals surface area (Å²) in [5.74, 6) is 1.13. The number of carbonyl (C=O) groups is 1. The third-order valence-corrected chi connectivity index (χ3v) is 9.74. The van der Waals surface area contributed by atoms with E-state index < -0.39 is 6.43 Å². The molecule has 1 N–H and O–H groups in total. The summed E-state index contributed by atoms with van der Waals surface area (Å²) in [6.07, 6.45) is 3.95. The number of nitrogens with zero attached hydrogens (tertiary/aromatic N) is 4. The fourth-order valence-corrected chi connectivity index (χ4v) is 7.55. The normalized spacial score (nSPS) is 23.3. The number of rotatable bonds is 4. The summed E-state index contributed by atoms with van der Waals surface area (Å²) in [7, 11) is 0. The van der Waals surface area contributed by atoms with Crippen LogP contribution in [-0.4, -0.2) is 60.0 Å². The molecule has 5 heterocycles. The second-order valence-electron chi connectivity index (χ2n) is 12.1. The Balaban J connectivity index is 1.28. The molecule has 0 unspecified atom stereocenters. The maximum Gasteiger partial charge on any atom is 0.264 e. The van der Waals surface area contributed by atoms with Crippen LogP contribution < -0.4 is 10.2 Å². The van der Waals surface area contributed by atoms with E-state index in [1.165, 1.54) is 5.69 Å². The SMILES string of the molecule is CC(=O)N1CCc2c(c(N3CCCc4cc(C5CC6(CNC6)C5)c(C(F)F)cc43)nn2C2CCOCC2)C1. The average molecular weight is 526 g/mol. The lowest BCUT2D eigenvalue weighted by atomic mass is 9.56. The molecule has 204 valence electrons. The van der Waals surface area contributed by atoms with E-state index in [0.717, 1.165) is 106 Å². The summed E-state index contributed by atoms with van der Waals surface area (Å²) in [6, 6.07) is 4.13. The van der Waals surface area contributed by atoms with E-state index in [2.05, 4.69) is 21.0 Å². The van der Waals surface area contributed by atoms with Crippen molar-refractivity contribution in [3.05, 3.63) is 40.1 Å². The Labute approximate surface area is 222 Å². The molecular weight excluding hydrogens is 488 g/mol. The van der Waals surface area contributed by atoms with Crippen molar-refractivity contribution < 1.29 is 18.3 Å². The highest BCUT2D eigenvalue weighted by atomic mass is 19.3. The number of aryl methyl sites for hydroxylation is 1. The van der Waals surface area contributed by atoms with Gasteiger partial charge in [0.05, 0.1) is 12.6 Å². The molecule has 3 fully saturated rings. The van der Waals surface area contributed by atoms with E-state index >= 15 is 0 Å². The van der Waals surface area contributed by atoms with Gasteiger partial charge >= 0.3 is 0 Å². The Kier molecular flexibility index (Phi) is 6.00. The summed E-state index contributed by atoms with van der Waals surface area (Å²) in [5.41, 5.74) is 5.67. The molecule has 1 saturated carbocycles. The number of benzene rings is 1. The Morgan fingerprint density at radius 3 is 2.63 bits per heavy atom. The maximum absolute atomic E-state index is 14.5. The number of hydrogen-bond acceptors (Lipinski definition) is 5. The predicted octanol–water partition coefficient (Wildman–Crippen LogP) is 4.63. The largest absolute Gasteiger partial charge is 0.381 e. The number of fused-ring (bicyclic) bond motifs is 2. The number of nitrogens with one attached hydrogen (secondary N) is 1. The molecule has 9 heteroatoms. The summed E-state index contributed by atoms with van der Waals surface area (Å²) in [5, 5.41) is 8.54. The number of alkyl halides is 2. The van der Waals surface area contributed by atoms with Gasteiger partial charge in [-0.2, -0.15) is 5.10 Å². The molecule has 0 atom stereocenters. The van der Waals surface area contributed by atoms with Gasteiger partial charge in [0.2, 0.25) is 5.91 Å². The maximum atomic E-state index is 14.5. The molecule has 1 aliphatic carbocycles. The fraction of sp³-hybridized carbons (Fsp3) is 0.655. The van der Waals surface area contributed by atoms with Crippen LogP contribution in [-0.2, 0) is 28.9 Å². The molecule has 2 saturated heterocycles. The highest BCUT2D eigenvalue weighted by Crippen LogP contribution is 2.55. The summed E-state index contributed by atoms with van der Waals surface area (Å²) in [4.78, 5) is 16.4. The van der Waals surface area contributed by atoms with Crippen molar-refractivity contribution in [2.45, 2.75) is 76.8 Å². The van der Waals surface area contributed by atoms with Gasteiger partial charge in [0.1, 0.15) is 0 Å². The molecular formula is C29H37F2N5O2. The molecule has 1 aromatic carbocycles. The second-order valence-corrected chi connectivity index (χ2v) is 12.1. The lowest BCUT2D eigenvalue weighted by Gasteiger charge is -2.55. The highest BCUT2D eigenvalue weighted by molar-refractivity contribution is 5.75. The Morgan fingerprint density at radius 1 is 1.16 bits per heavy atom. The van der Waals surface area contributed by atoms with Crippen LogP contribution >= 0.6 is 0 Å². The molecule has 0 radical (unpaired) electrons. The minimum atomic E-state index is -2.50. The van der Waals surface area contributed by atoms with Crippen molar-refractivity contribution in [3.63, 3.8) is 0 Å². The third kappa shape index (κ3) is 3.96. The van der Waals surface area contributed by atoms with Crippen molar-refractivity contribution in [1.82, 2.24) is 20.0 Å². The molecule has 2 aromatic rings. The Hall–Kier alpha value is -2.52. The molecule has 7 nitrogen and oxygen atoms in total. The van der Waals surface area contributed by atoms with Crippen molar-refractivity contribution in [2.75, 3.05) is 44.3 Å². The topological polar surface area (TPSA) is 62.6 Å². The van der Waals surface area contributed by atoms with E-state index in [9.17, 15) is 13.6 Å². The minimum absolute atomic E-state index is 0.0593. The first-order chi connectivity index (χ1) is 18.4. The fourth-order valence-electron chi connectivity index (χ4n) is 7.55. The number of carbonyl (C=O) groups excluding carboxylic acids is 1. The lowest BCUT2D eigenvalue weighted by Crippen LogP contribution is -2.59. The van der Waals surface area contributed by atoms with Gasteiger partial charge < -0.3 is 19.9 Å². The van der Waals surface area contributed by atoms with Crippen molar-refractivity contribution in [1.29, 1.82) is 0 Å². The van der Waals surface area contributed by atoms with Crippen LogP contribution in [0.25, 0.3) is 0 Å². The zero-order chi connectivity index (χ0) is 26.0. The van der Waals surface area contributed by atoms with E-state index in [1.807, 2.05) is 4.90 Å². The van der Waals surface area contributed by atoms with Crippen LogP contribution in [0.2, 0.25) is 0 Å². The number of amides is 1. The van der Waals surface area contributed by atoms with Crippen LogP contribution in [0.5, 0.6) is 0 Å². The third-order valence-electron chi connectivity index (χ3n) is 9.74. The van der Waals surface area contributed by atoms with Gasteiger partial charge in [-0.05, 0) is 67.1 Å². The Bertz CT molecular complexity index is 1240. The molecule has 1 amide bonds. The number of ether oxygens (including phenoxy) is 1. The Morgan fingerprint density at radius 2 is 1.95 bits per heavy atom. The first-order valence-electron chi connectivity index (χ1n) is 14.3. The average Bonchev–Trinajstić information content (AvgIpc) is 3.25. The van der Waals surface area contributed by atoms with Gasteiger partial charge in [-0.25, -0.2) is 8.78 Å². The zero-order valence-corrected chi connectivity index (χ0v) is 22.1. The van der Waals surface area contributed by atoms with E-state index in [0.29, 0.717) is 18.5 Å². The first kappa shape index (κ1) is 24.5. The second kappa shape index (κ2) is 9.30. The molecule has 0 bridgehead atoms. The highest BCUT2D eigenvalue weighted by Gasteiger charge is 2.49. The van der Waals surface area contributed by atoms with Gasteiger partial charge in [-0.1, -0.05) is 6.07 Å². The van der Waals surface area contributed by atoms with Crippen molar-refractivity contribution in [3.8, 4) is 0 Å². The number of hydrogen-bond donors (Lipinski definition) is 1. The van der Waals surface area contributed by atoms with Gasteiger partial charge in [0.25, 0.3) is 6.43 Å². The molecule has 5 aliphatic rings. The zero-order valence-electron chi connectivity index (χ0n) is 22.1. The number of halogens is 2. The molecule has 7 rings (SSSR count). The molecule has 1 spiro atoms. The number of anilines is 2. The molecule has 1 aromatic heterocycles. The summed E-state index contributed by atoms with van der Waals surface area (Å²) >= 11 is 0. The molecule has 4 aliphatic heterocycles. The van der Waals surface area contributed by atoms with Crippen LogP contribution in [0.1, 0.15) is 85.4 Å². The smallest absolute Gasteiger partial charge is 0.264 e. The van der Waals surface area contributed by atoms with Crippen LogP contribution in [0.3, 0.4) is 0 Å². The monoisotopic (exact) mass is 525 g/mol. The first-order valence-corrected chi connectivity index (χ1v) is 14.3. The molecule has 38 heavy (non-hydrogen) atoms. The standard InChI is InChI=1S/C29H37F2N5O2/c1-18(37)34-8-4-25-24(15-34)28(33-36(25)21-5-9-38-10-6-21)35-7-2-3-19-11-22(23(27(30)31)12-26(19)35)20-13-29(14-20)16-32-17-29/h11-12,20-21,27,32H,2-10,13-17H2,1H3. The van der Waals surface area contributed by atoms with Gasteiger partial charge in [0.15, 0.2) is 5.82 Å². The van der Waals surface area contributed by atoms with Gasteiger partial charge in [-0.3, -0.25) is 9.48 Å². The predicted molar refractivity (Wildman–Crippen MR) is 140 cm³/mol. The number of aromatic nitrogens is 2. The quantitative estimate of drug-likeness (QED) is 0.631. The van der Waals surface area contributed by atoms with Gasteiger partial charge in [0, 0.05) is 75.2 Å². The van der Waals surface area contributed by atoms with E-state index in [-0.39, 0.29) is 23.4 Å². The minimum Gasteiger partial charge on any atom is -0.381 e. The summed E-state index contributed by atoms with van der Waals surface area (Å²) < 4.78 is 36.8. The lowest BCUT2D eigenvalue weighted by molar-refractivity contribution is -0.129. The van der Waals surface area contributed by atoms with Crippen LogP contribution in [0.15, 0.2) is 12.1 Å². The van der Waals surface area contributed by atoms with Crippen molar-refractivity contribution in [2.24, 2.45) is 5.41 Å². The van der Waals surface area contributed by atoms with Gasteiger partial charge in [-0.15, -0.1) is 0 Å². The van der Waals surface area contributed by atoms with Crippen LogP contribution in [0, 0.1) is 5.41 Å². The van der Waals surface area contributed by atoms with E-state index in [1.54, 1.807) is 13.0 Å².